The molecule has 1 heterocycles. The molecule has 5 heteroatoms. The van der Waals surface area contributed by atoms with Crippen molar-refractivity contribution >= 4 is 23.2 Å². The number of carbonyl (C=O) groups excluding carboxylic acids is 2. The predicted molar refractivity (Wildman–Crippen MR) is 87.4 cm³/mol. The molecule has 0 spiro atoms. The van der Waals surface area contributed by atoms with Crippen LogP contribution >= 0.6 is 0 Å². The minimum Gasteiger partial charge on any atom is -0.495 e. The van der Waals surface area contributed by atoms with Crippen LogP contribution in [0.4, 0.5) is 11.4 Å². The number of methoxy groups -OCH3 is 1. The molecule has 1 aromatic rings. The van der Waals surface area contributed by atoms with Crippen molar-refractivity contribution < 1.29 is 14.3 Å². The first kappa shape index (κ1) is 16.3. The summed E-state index contributed by atoms with van der Waals surface area (Å²) in [4.78, 5) is 25.7. The highest BCUT2D eigenvalue weighted by Crippen LogP contribution is 2.33. The molecular formula is C17H24N2O3. The van der Waals surface area contributed by atoms with Crippen LogP contribution in [0.15, 0.2) is 18.2 Å². The number of ether oxygens (including phenoxy) is 1. The van der Waals surface area contributed by atoms with Crippen molar-refractivity contribution in [1.29, 1.82) is 0 Å². The number of nitrogens with one attached hydrogen (secondary N) is 1. The van der Waals surface area contributed by atoms with Crippen molar-refractivity contribution in [1.82, 2.24) is 0 Å². The van der Waals surface area contributed by atoms with E-state index in [1.807, 2.05) is 6.07 Å². The second-order valence-corrected chi connectivity index (χ2v) is 5.54. The second-order valence-electron chi connectivity index (χ2n) is 5.54. The Hall–Kier alpha value is -2.04. The number of carbonyl (C=O) groups is 2. The molecule has 0 aliphatic carbocycles. The number of hydrogen-bond donors (Lipinski definition) is 1. The molecule has 0 radical (unpaired) electrons. The molecule has 1 aromatic carbocycles. The normalized spacial score (nSPS) is 14.8. The molecule has 5 nitrogen and oxygen atoms in total. The summed E-state index contributed by atoms with van der Waals surface area (Å²) in [7, 11) is 1.59. The first-order valence-electron chi connectivity index (χ1n) is 7.94. The van der Waals surface area contributed by atoms with Crippen LogP contribution in [0.2, 0.25) is 0 Å². The van der Waals surface area contributed by atoms with Crippen LogP contribution in [0.5, 0.6) is 5.75 Å². The lowest BCUT2D eigenvalue weighted by Gasteiger charge is -2.28. The van der Waals surface area contributed by atoms with Gasteiger partial charge in [0.05, 0.1) is 12.8 Å². The summed E-state index contributed by atoms with van der Waals surface area (Å²) in [6.07, 6.45) is 4.87. The summed E-state index contributed by atoms with van der Waals surface area (Å²) < 4.78 is 5.37. The van der Waals surface area contributed by atoms with Crippen LogP contribution in [0, 0.1) is 0 Å². The summed E-state index contributed by atoms with van der Waals surface area (Å²) in [5.41, 5.74) is 1.44. The molecule has 2 amide bonds. The second kappa shape index (κ2) is 7.82. The summed E-state index contributed by atoms with van der Waals surface area (Å²) >= 11 is 0. The summed E-state index contributed by atoms with van der Waals surface area (Å²) in [5, 5.41) is 2.89. The maximum absolute atomic E-state index is 12.1. The SMILES string of the molecule is CCCCC(=O)Nc1ccc(OC)c(N2CCCCC2=O)c1. The van der Waals surface area contributed by atoms with Gasteiger partial charge in [-0.05, 0) is 37.5 Å². The third-order valence-corrected chi connectivity index (χ3v) is 3.83. The van der Waals surface area contributed by atoms with E-state index in [2.05, 4.69) is 12.2 Å². The van der Waals surface area contributed by atoms with Gasteiger partial charge in [-0.3, -0.25) is 9.59 Å². The highest BCUT2D eigenvalue weighted by atomic mass is 16.5. The van der Waals surface area contributed by atoms with Crippen LogP contribution < -0.4 is 15.0 Å². The number of unbranched alkanes of at least 4 members (excludes halogenated alkanes) is 1. The predicted octanol–water partition coefficient (Wildman–Crippen LogP) is 3.34. The van der Waals surface area contributed by atoms with Crippen LogP contribution in [-0.4, -0.2) is 25.5 Å². The third kappa shape index (κ3) is 4.00. The summed E-state index contributed by atoms with van der Waals surface area (Å²) in [6, 6.07) is 5.43. The molecule has 2 rings (SSSR count). The average molecular weight is 304 g/mol. The Bertz CT molecular complexity index is 543. The molecule has 1 aliphatic rings. The fourth-order valence-corrected chi connectivity index (χ4v) is 2.60. The molecule has 22 heavy (non-hydrogen) atoms. The molecule has 0 unspecified atom stereocenters. The van der Waals surface area contributed by atoms with E-state index >= 15 is 0 Å². The lowest BCUT2D eigenvalue weighted by Crippen LogP contribution is -2.35. The van der Waals surface area contributed by atoms with E-state index in [0.717, 1.165) is 31.4 Å². The fourth-order valence-electron chi connectivity index (χ4n) is 2.60. The van der Waals surface area contributed by atoms with Gasteiger partial charge in [-0.1, -0.05) is 13.3 Å². The zero-order valence-electron chi connectivity index (χ0n) is 13.4. The van der Waals surface area contributed by atoms with Crippen LogP contribution in [0.25, 0.3) is 0 Å². The van der Waals surface area contributed by atoms with E-state index in [0.29, 0.717) is 30.8 Å². The number of piperidine rings is 1. The molecule has 1 N–H and O–H groups in total. The van der Waals surface area contributed by atoms with Crippen LogP contribution in [0.3, 0.4) is 0 Å². The fraction of sp³-hybridized carbons (Fsp3) is 0.529. The quantitative estimate of drug-likeness (QED) is 0.877. The maximum Gasteiger partial charge on any atom is 0.227 e. The van der Waals surface area contributed by atoms with E-state index in [-0.39, 0.29) is 11.8 Å². The topological polar surface area (TPSA) is 58.6 Å². The lowest BCUT2D eigenvalue weighted by atomic mass is 10.1. The van der Waals surface area contributed by atoms with Gasteiger partial charge in [0.15, 0.2) is 0 Å². The van der Waals surface area contributed by atoms with E-state index in [9.17, 15) is 9.59 Å². The van der Waals surface area contributed by atoms with Gasteiger partial charge < -0.3 is 15.0 Å². The Morgan fingerprint density at radius 1 is 1.36 bits per heavy atom. The number of rotatable bonds is 6. The molecular weight excluding hydrogens is 280 g/mol. The van der Waals surface area contributed by atoms with Gasteiger partial charge in [-0.15, -0.1) is 0 Å². The van der Waals surface area contributed by atoms with Gasteiger partial charge in [-0.2, -0.15) is 0 Å². The van der Waals surface area contributed by atoms with Gasteiger partial charge in [0.2, 0.25) is 11.8 Å². The number of benzene rings is 1. The monoisotopic (exact) mass is 304 g/mol. The van der Waals surface area contributed by atoms with Gasteiger partial charge in [-0.25, -0.2) is 0 Å². The van der Waals surface area contributed by atoms with Crippen molar-refractivity contribution in [2.45, 2.75) is 45.4 Å². The van der Waals surface area contributed by atoms with E-state index < -0.39 is 0 Å². The first-order valence-corrected chi connectivity index (χ1v) is 7.94. The third-order valence-electron chi connectivity index (χ3n) is 3.83. The summed E-state index contributed by atoms with van der Waals surface area (Å²) in [5.74, 6) is 0.767. The molecule has 1 saturated heterocycles. The van der Waals surface area contributed by atoms with Crippen molar-refractivity contribution in [3.8, 4) is 5.75 Å². The highest BCUT2D eigenvalue weighted by Gasteiger charge is 2.23. The van der Waals surface area contributed by atoms with Gasteiger partial charge in [0.1, 0.15) is 5.75 Å². The number of nitrogens with zero attached hydrogens (tertiary/aromatic N) is 1. The minimum absolute atomic E-state index is 0.00272. The zero-order valence-corrected chi connectivity index (χ0v) is 13.4. The minimum atomic E-state index is 0.00272. The molecule has 0 bridgehead atoms. The standard InChI is InChI=1S/C17H24N2O3/c1-3-4-7-16(20)18-13-9-10-15(22-2)14(12-13)19-11-6-5-8-17(19)21/h9-10,12H,3-8,11H2,1-2H3,(H,18,20). The van der Waals surface area contributed by atoms with E-state index in [1.54, 1.807) is 24.1 Å². The highest BCUT2D eigenvalue weighted by molar-refractivity contribution is 5.97. The molecule has 0 aromatic heterocycles. The number of amides is 2. The summed E-state index contributed by atoms with van der Waals surface area (Å²) in [6.45, 7) is 2.75. The van der Waals surface area contributed by atoms with Crippen molar-refractivity contribution in [2.24, 2.45) is 0 Å². The molecule has 1 aliphatic heterocycles. The molecule has 0 atom stereocenters. The average Bonchev–Trinajstić information content (AvgIpc) is 2.53. The zero-order chi connectivity index (χ0) is 15.9. The van der Waals surface area contributed by atoms with Gasteiger partial charge >= 0.3 is 0 Å². The number of anilines is 2. The smallest absolute Gasteiger partial charge is 0.227 e. The van der Waals surface area contributed by atoms with Gasteiger partial charge in [0.25, 0.3) is 0 Å². The van der Waals surface area contributed by atoms with Crippen molar-refractivity contribution in [3.63, 3.8) is 0 Å². The van der Waals surface area contributed by atoms with Crippen LogP contribution in [0.1, 0.15) is 45.4 Å². The number of hydrogen-bond acceptors (Lipinski definition) is 3. The largest absolute Gasteiger partial charge is 0.495 e. The molecule has 1 fully saturated rings. The van der Waals surface area contributed by atoms with Crippen molar-refractivity contribution in [2.75, 3.05) is 23.9 Å². The lowest BCUT2D eigenvalue weighted by molar-refractivity contribution is -0.119. The Morgan fingerprint density at radius 2 is 2.18 bits per heavy atom. The Labute approximate surface area is 131 Å². The molecule has 0 saturated carbocycles. The van der Waals surface area contributed by atoms with E-state index in [4.69, 9.17) is 4.74 Å². The Morgan fingerprint density at radius 3 is 2.86 bits per heavy atom. The van der Waals surface area contributed by atoms with Gasteiger partial charge in [0, 0.05) is 25.1 Å². The maximum atomic E-state index is 12.1. The first-order chi connectivity index (χ1) is 10.7. The molecule has 120 valence electrons. The Balaban J connectivity index is 2.18. The van der Waals surface area contributed by atoms with Crippen LogP contribution in [-0.2, 0) is 9.59 Å². The van der Waals surface area contributed by atoms with E-state index in [1.165, 1.54) is 0 Å². The van der Waals surface area contributed by atoms with Crippen molar-refractivity contribution in [3.05, 3.63) is 18.2 Å². The Kier molecular flexibility index (Phi) is 5.81.